The molecule has 0 bridgehead atoms. The number of imide groups is 1. The van der Waals surface area contributed by atoms with Gasteiger partial charge in [-0.15, -0.1) is 0 Å². The predicted molar refractivity (Wildman–Crippen MR) is 53.4 cm³/mol. The lowest BCUT2D eigenvalue weighted by Gasteiger charge is -2.37. The summed E-state index contributed by atoms with van der Waals surface area (Å²) in [6.45, 7) is 4.89. The molecule has 3 amide bonds. The largest absolute Gasteiger partial charge is 0.369 e. The molecule has 0 aliphatic carbocycles. The fourth-order valence-electron chi connectivity index (χ4n) is 1.51. The van der Waals surface area contributed by atoms with Crippen molar-refractivity contribution >= 4 is 17.7 Å². The van der Waals surface area contributed by atoms with Crippen LogP contribution in [0.25, 0.3) is 0 Å². The van der Waals surface area contributed by atoms with Gasteiger partial charge in [0.1, 0.15) is 0 Å². The Morgan fingerprint density at radius 1 is 1.33 bits per heavy atom. The normalized spacial score (nSPS) is 18.5. The number of carbonyl (C=O) groups excluding carboxylic acids is 3. The maximum atomic E-state index is 11.4. The third-order valence-corrected chi connectivity index (χ3v) is 2.87. The van der Waals surface area contributed by atoms with Gasteiger partial charge in [0, 0.05) is 12.2 Å². The first-order valence-corrected chi connectivity index (χ1v) is 4.64. The van der Waals surface area contributed by atoms with Crippen molar-refractivity contribution in [3.05, 3.63) is 12.2 Å². The number of amides is 3. The molecule has 2 N–H and O–H groups in total. The fraction of sp³-hybridized carbons (Fsp3) is 0.500. The topological polar surface area (TPSA) is 80.5 Å². The van der Waals surface area contributed by atoms with Gasteiger partial charge in [-0.2, -0.15) is 0 Å². The minimum atomic E-state index is -0.899. The molecule has 0 aromatic rings. The quantitative estimate of drug-likeness (QED) is 0.656. The van der Waals surface area contributed by atoms with E-state index in [1.54, 1.807) is 20.8 Å². The minimum absolute atomic E-state index is 0.405. The Kier molecular flexibility index (Phi) is 2.66. The molecule has 0 aromatic heterocycles. The number of carbonyl (C=O) groups is 3. The average molecular weight is 210 g/mol. The molecule has 1 rings (SSSR count). The van der Waals surface area contributed by atoms with E-state index in [2.05, 4.69) is 0 Å². The second-order valence-electron chi connectivity index (χ2n) is 4.12. The van der Waals surface area contributed by atoms with Crippen LogP contribution in [0.4, 0.5) is 0 Å². The molecule has 0 aromatic carbocycles. The van der Waals surface area contributed by atoms with Crippen LogP contribution in [0, 0.1) is 5.92 Å². The zero-order valence-corrected chi connectivity index (χ0v) is 8.98. The van der Waals surface area contributed by atoms with Gasteiger partial charge in [-0.05, 0) is 13.8 Å². The first kappa shape index (κ1) is 11.4. The molecule has 1 heterocycles. The first-order valence-electron chi connectivity index (χ1n) is 4.64. The Hall–Kier alpha value is -1.65. The van der Waals surface area contributed by atoms with E-state index >= 15 is 0 Å². The molecule has 0 spiro atoms. The highest BCUT2D eigenvalue weighted by Gasteiger charge is 2.42. The van der Waals surface area contributed by atoms with E-state index in [1.165, 1.54) is 12.2 Å². The van der Waals surface area contributed by atoms with Crippen molar-refractivity contribution in [3.8, 4) is 0 Å². The first-order chi connectivity index (χ1) is 6.78. The number of hydrogen-bond donors (Lipinski definition) is 1. The summed E-state index contributed by atoms with van der Waals surface area (Å²) < 4.78 is 0. The summed E-state index contributed by atoms with van der Waals surface area (Å²) in [6, 6.07) is 0. The van der Waals surface area contributed by atoms with Crippen LogP contribution in [0.2, 0.25) is 0 Å². The molecule has 1 unspecified atom stereocenters. The molecular weight excluding hydrogens is 196 g/mol. The zero-order chi connectivity index (χ0) is 11.8. The third kappa shape index (κ3) is 1.77. The SMILES string of the molecule is CC(C(N)=O)C(C)(C)N1C(=O)C=CC1=O. The van der Waals surface area contributed by atoms with Crippen molar-refractivity contribution in [3.63, 3.8) is 0 Å². The summed E-state index contributed by atoms with van der Waals surface area (Å²) in [5.74, 6) is -1.94. The van der Waals surface area contributed by atoms with Gasteiger partial charge in [0.2, 0.25) is 5.91 Å². The van der Waals surface area contributed by atoms with Crippen LogP contribution in [-0.2, 0) is 14.4 Å². The molecular formula is C10H14N2O3. The van der Waals surface area contributed by atoms with Gasteiger partial charge in [-0.25, -0.2) is 0 Å². The number of rotatable bonds is 3. The van der Waals surface area contributed by atoms with E-state index in [0.717, 1.165) is 4.90 Å². The Morgan fingerprint density at radius 2 is 1.73 bits per heavy atom. The summed E-state index contributed by atoms with van der Waals surface area (Å²) in [5.41, 5.74) is 4.27. The molecule has 1 aliphatic rings. The van der Waals surface area contributed by atoms with E-state index in [0.29, 0.717) is 0 Å². The van der Waals surface area contributed by atoms with Crippen LogP contribution in [0.15, 0.2) is 12.2 Å². The maximum Gasteiger partial charge on any atom is 0.254 e. The van der Waals surface area contributed by atoms with Crippen LogP contribution >= 0.6 is 0 Å². The highest BCUT2D eigenvalue weighted by molar-refractivity contribution is 6.13. The van der Waals surface area contributed by atoms with Gasteiger partial charge in [0.25, 0.3) is 11.8 Å². The Morgan fingerprint density at radius 3 is 2.07 bits per heavy atom. The molecule has 0 saturated heterocycles. The lowest BCUT2D eigenvalue weighted by atomic mass is 9.86. The molecule has 82 valence electrons. The molecule has 15 heavy (non-hydrogen) atoms. The van der Waals surface area contributed by atoms with Gasteiger partial charge >= 0.3 is 0 Å². The molecule has 5 nitrogen and oxygen atoms in total. The second kappa shape index (κ2) is 3.49. The van der Waals surface area contributed by atoms with Crippen LogP contribution < -0.4 is 5.73 Å². The van der Waals surface area contributed by atoms with E-state index in [1.807, 2.05) is 0 Å². The van der Waals surface area contributed by atoms with Crippen molar-refractivity contribution in [1.82, 2.24) is 4.90 Å². The van der Waals surface area contributed by atoms with E-state index < -0.39 is 29.2 Å². The monoisotopic (exact) mass is 210 g/mol. The van der Waals surface area contributed by atoms with Crippen molar-refractivity contribution in [2.75, 3.05) is 0 Å². The Bertz CT molecular complexity index is 340. The smallest absolute Gasteiger partial charge is 0.254 e. The van der Waals surface area contributed by atoms with Crippen LogP contribution in [0.1, 0.15) is 20.8 Å². The summed E-state index contributed by atoms with van der Waals surface area (Å²) in [5, 5.41) is 0. The summed E-state index contributed by atoms with van der Waals surface area (Å²) in [6.07, 6.45) is 2.38. The predicted octanol–water partition coefficient (Wildman–Crippen LogP) is -0.189. The minimum Gasteiger partial charge on any atom is -0.369 e. The highest BCUT2D eigenvalue weighted by Crippen LogP contribution is 2.27. The lowest BCUT2D eigenvalue weighted by Crippen LogP contribution is -2.54. The van der Waals surface area contributed by atoms with Crippen molar-refractivity contribution in [2.45, 2.75) is 26.3 Å². The summed E-state index contributed by atoms with van der Waals surface area (Å²) in [4.78, 5) is 35.0. The van der Waals surface area contributed by atoms with E-state index in [9.17, 15) is 14.4 Å². The van der Waals surface area contributed by atoms with Crippen LogP contribution in [0.5, 0.6) is 0 Å². The number of primary amides is 1. The molecule has 1 aliphatic heterocycles. The number of nitrogens with two attached hydrogens (primary N) is 1. The Labute approximate surface area is 87.9 Å². The molecule has 1 atom stereocenters. The van der Waals surface area contributed by atoms with E-state index in [-0.39, 0.29) is 0 Å². The fourth-order valence-corrected chi connectivity index (χ4v) is 1.51. The average Bonchev–Trinajstić information content (AvgIpc) is 2.44. The number of hydrogen-bond acceptors (Lipinski definition) is 3. The van der Waals surface area contributed by atoms with Gasteiger partial charge < -0.3 is 5.73 Å². The highest BCUT2D eigenvalue weighted by atomic mass is 16.2. The number of nitrogens with zero attached hydrogens (tertiary/aromatic N) is 1. The summed E-state index contributed by atoms with van der Waals surface area (Å²) >= 11 is 0. The second-order valence-corrected chi connectivity index (χ2v) is 4.12. The zero-order valence-electron chi connectivity index (χ0n) is 8.98. The third-order valence-electron chi connectivity index (χ3n) is 2.87. The standard InChI is InChI=1S/C10H14N2O3/c1-6(9(11)15)10(2,3)12-7(13)4-5-8(12)14/h4-6H,1-3H3,(H2,11,15). The molecule has 0 saturated carbocycles. The lowest BCUT2D eigenvalue weighted by molar-refractivity contribution is -0.146. The molecule has 0 fully saturated rings. The Balaban J connectivity index is 3.01. The van der Waals surface area contributed by atoms with Gasteiger partial charge in [0.05, 0.1) is 11.5 Å². The summed E-state index contributed by atoms with van der Waals surface area (Å²) in [7, 11) is 0. The molecule has 0 radical (unpaired) electrons. The molecule has 5 heteroatoms. The van der Waals surface area contributed by atoms with Crippen molar-refractivity contribution < 1.29 is 14.4 Å². The van der Waals surface area contributed by atoms with Crippen molar-refractivity contribution in [2.24, 2.45) is 11.7 Å². The van der Waals surface area contributed by atoms with Crippen LogP contribution in [-0.4, -0.2) is 28.2 Å². The van der Waals surface area contributed by atoms with Gasteiger partial charge in [-0.1, -0.05) is 6.92 Å². The maximum absolute atomic E-state index is 11.4. The van der Waals surface area contributed by atoms with Crippen molar-refractivity contribution in [1.29, 1.82) is 0 Å². The van der Waals surface area contributed by atoms with Gasteiger partial charge in [-0.3, -0.25) is 19.3 Å². The van der Waals surface area contributed by atoms with Crippen LogP contribution in [0.3, 0.4) is 0 Å². The van der Waals surface area contributed by atoms with Gasteiger partial charge in [0.15, 0.2) is 0 Å². The van der Waals surface area contributed by atoms with E-state index in [4.69, 9.17) is 5.73 Å².